The van der Waals surface area contributed by atoms with Crippen molar-refractivity contribution in [3.8, 4) is 11.5 Å². The second-order valence-electron chi connectivity index (χ2n) is 5.66. The van der Waals surface area contributed by atoms with Gasteiger partial charge in [0.15, 0.2) is 6.10 Å². The highest BCUT2D eigenvalue weighted by Gasteiger charge is 2.15. The summed E-state index contributed by atoms with van der Waals surface area (Å²) in [5, 5.41) is 0. The molecule has 6 nitrogen and oxygen atoms in total. The summed E-state index contributed by atoms with van der Waals surface area (Å²) in [4.78, 5) is 23.6. The van der Waals surface area contributed by atoms with Crippen LogP contribution in [0.5, 0.6) is 11.5 Å². The van der Waals surface area contributed by atoms with E-state index in [1.807, 2.05) is 0 Å². The lowest BCUT2D eigenvalue weighted by Gasteiger charge is -2.15. The first kappa shape index (κ1) is 20.2. The van der Waals surface area contributed by atoms with Crippen molar-refractivity contribution < 1.29 is 27.8 Å². The van der Waals surface area contributed by atoms with Gasteiger partial charge in [-0.2, -0.15) is 0 Å². The van der Waals surface area contributed by atoms with Crippen molar-refractivity contribution in [1.82, 2.24) is 10.9 Å². The van der Waals surface area contributed by atoms with Crippen LogP contribution in [0.15, 0.2) is 48.5 Å². The molecule has 2 aromatic rings. The Bertz CT molecular complexity index is 769. The monoisotopic (exact) mass is 378 g/mol. The molecule has 0 fully saturated rings. The van der Waals surface area contributed by atoms with Gasteiger partial charge in [0.1, 0.15) is 23.1 Å². The molecule has 2 aromatic carbocycles. The smallest absolute Gasteiger partial charge is 0.279 e. The molecule has 1 atom stereocenters. The summed E-state index contributed by atoms with van der Waals surface area (Å²) in [7, 11) is 0. The molecule has 2 rings (SSSR count). The molecule has 0 aliphatic heterocycles. The van der Waals surface area contributed by atoms with Gasteiger partial charge in [-0.1, -0.05) is 6.07 Å². The van der Waals surface area contributed by atoms with Crippen molar-refractivity contribution in [3.63, 3.8) is 0 Å². The minimum atomic E-state index is -0.882. The van der Waals surface area contributed by atoms with Crippen LogP contribution in [0, 0.1) is 11.6 Å². The van der Waals surface area contributed by atoms with Gasteiger partial charge in [-0.05, 0) is 49.7 Å². The number of hydrogen-bond donors (Lipinski definition) is 2. The number of hydrazine groups is 1. The van der Waals surface area contributed by atoms with Crippen LogP contribution < -0.4 is 20.3 Å². The third kappa shape index (κ3) is 7.31. The third-order valence-corrected chi connectivity index (χ3v) is 3.43. The van der Waals surface area contributed by atoms with E-state index in [2.05, 4.69) is 10.9 Å². The quantitative estimate of drug-likeness (QED) is 0.547. The summed E-state index contributed by atoms with van der Waals surface area (Å²) in [6, 6.07) is 10.9. The Labute approximate surface area is 155 Å². The van der Waals surface area contributed by atoms with Crippen molar-refractivity contribution in [2.45, 2.75) is 25.9 Å². The van der Waals surface area contributed by atoms with E-state index in [1.54, 1.807) is 6.07 Å². The average Bonchev–Trinajstić information content (AvgIpc) is 2.65. The van der Waals surface area contributed by atoms with E-state index in [9.17, 15) is 18.4 Å². The van der Waals surface area contributed by atoms with Crippen LogP contribution in [0.25, 0.3) is 0 Å². The zero-order valence-electron chi connectivity index (χ0n) is 14.7. The summed E-state index contributed by atoms with van der Waals surface area (Å²) in [5.74, 6) is -1.04. The highest BCUT2D eigenvalue weighted by atomic mass is 19.1. The molecular formula is C19H20F2N2O4. The number of ether oxygens (including phenoxy) is 2. The molecule has 27 heavy (non-hydrogen) atoms. The molecule has 0 heterocycles. The van der Waals surface area contributed by atoms with E-state index in [1.165, 1.54) is 49.4 Å². The second-order valence-corrected chi connectivity index (χ2v) is 5.66. The molecule has 0 aliphatic rings. The van der Waals surface area contributed by atoms with Crippen LogP contribution in [0.4, 0.5) is 8.78 Å². The zero-order valence-corrected chi connectivity index (χ0v) is 14.7. The molecule has 2 amide bonds. The average molecular weight is 378 g/mol. The third-order valence-electron chi connectivity index (χ3n) is 3.43. The molecule has 8 heteroatoms. The highest BCUT2D eigenvalue weighted by molar-refractivity contribution is 5.84. The maximum absolute atomic E-state index is 13.0. The Balaban J connectivity index is 1.62. The van der Waals surface area contributed by atoms with Gasteiger partial charge in [0, 0.05) is 12.5 Å². The Morgan fingerprint density at radius 2 is 1.74 bits per heavy atom. The molecule has 0 saturated heterocycles. The topological polar surface area (TPSA) is 76.7 Å². The zero-order chi connectivity index (χ0) is 19.6. The fourth-order valence-corrected chi connectivity index (χ4v) is 2.05. The maximum atomic E-state index is 13.0. The van der Waals surface area contributed by atoms with Crippen LogP contribution in [-0.2, 0) is 9.59 Å². The molecule has 0 bridgehead atoms. The predicted molar refractivity (Wildman–Crippen MR) is 93.9 cm³/mol. The van der Waals surface area contributed by atoms with E-state index < -0.39 is 29.6 Å². The lowest BCUT2D eigenvalue weighted by Crippen LogP contribution is -2.47. The summed E-state index contributed by atoms with van der Waals surface area (Å²) in [6.45, 7) is 1.73. The summed E-state index contributed by atoms with van der Waals surface area (Å²) in [5.41, 5.74) is 4.52. The molecule has 144 valence electrons. The predicted octanol–water partition coefficient (Wildman–Crippen LogP) is 2.74. The van der Waals surface area contributed by atoms with Crippen LogP contribution >= 0.6 is 0 Å². The number of carbonyl (C=O) groups excluding carboxylic acids is 2. The largest absolute Gasteiger partial charge is 0.493 e. The van der Waals surface area contributed by atoms with Gasteiger partial charge in [-0.15, -0.1) is 0 Å². The Morgan fingerprint density at radius 3 is 2.44 bits per heavy atom. The van der Waals surface area contributed by atoms with Gasteiger partial charge >= 0.3 is 0 Å². The summed E-state index contributed by atoms with van der Waals surface area (Å²) >= 11 is 0. The first-order valence-electron chi connectivity index (χ1n) is 8.33. The number of hydrogen-bond acceptors (Lipinski definition) is 4. The van der Waals surface area contributed by atoms with Gasteiger partial charge < -0.3 is 9.47 Å². The first-order valence-corrected chi connectivity index (χ1v) is 8.33. The van der Waals surface area contributed by atoms with Crippen molar-refractivity contribution in [2.75, 3.05) is 6.61 Å². The lowest BCUT2D eigenvalue weighted by atomic mass is 10.3. The second kappa shape index (κ2) is 10.1. The van der Waals surface area contributed by atoms with Gasteiger partial charge in [-0.25, -0.2) is 8.78 Å². The number of nitrogens with one attached hydrogen (secondary N) is 2. The van der Waals surface area contributed by atoms with Gasteiger partial charge in [-0.3, -0.25) is 20.4 Å². The van der Waals surface area contributed by atoms with Gasteiger partial charge in [0.2, 0.25) is 5.91 Å². The lowest BCUT2D eigenvalue weighted by molar-refractivity contribution is -0.132. The van der Waals surface area contributed by atoms with Crippen LogP contribution in [0.2, 0.25) is 0 Å². The number of rotatable bonds is 8. The number of carbonyl (C=O) groups is 2. The van der Waals surface area contributed by atoms with Gasteiger partial charge in [0.25, 0.3) is 5.91 Å². The molecule has 0 radical (unpaired) electrons. The molecule has 0 spiro atoms. The molecule has 0 aliphatic carbocycles. The Kier molecular flexibility index (Phi) is 7.54. The van der Waals surface area contributed by atoms with Crippen molar-refractivity contribution in [3.05, 3.63) is 60.2 Å². The summed E-state index contributed by atoms with van der Waals surface area (Å²) in [6.07, 6.45) is -0.380. The molecule has 2 N–H and O–H groups in total. The van der Waals surface area contributed by atoms with E-state index in [-0.39, 0.29) is 13.0 Å². The minimum absolute atomic E-state index is 0.114. The van der Waals surface area contributed by atoms with E-state index in [0.717, 1.165) is 0 Å². The number of amides is 2. The standard InChI is InChI=1S/C19H20F2N2O4/c1-13(27-16-9-7-14(20)8-10-16)19(25)23-22-18(24)6-3-11-26-17-5-2-4-15(21)12-17/h2,4-5,7-10,12-13H,3,6,11H2,1H3,(H,22,24)(H,23,25). The fraction of sp³-hybridized carbons (Fsp3) is 0.263. The highest BCUT2D eigenvalue weighted by Crippen LogP contribution is 2.13. The van der Waals surface area contributed by atoms with Gasteiger partial charge in [0.05, 0.1) is 6.61 Å². The summed E-state index contributed by atoms with van der Waals surface area (Å²) < 4.78 is 36.5. The Hall–Kier alpha value is -3.16. The molecule has 0 aromatic heterocycles. The van der Waals surface area contributed by atoms with E-state index in [4.69, 9.17) is 9.47 Å². The normalized spacial score (nSPS) is 11.4. The molecular weight excluding hydrogens is 358 g/mol. The maximum Gasteiger partial charge on any atom is 0.279 e. The molecule has 1 unspecified atom stereocenters. The Morgan fingerprint density at radius 1 is 1.00 bits per heavy atom. The number of benzene rings is 2. The van der Waals surface area contributed by atoms with Crippen LogP contribution in [0.3, 0.4) is 0 Å². The van der Waals surface area contributed by atoms with Crippen molar-refractivity contribution in [2.24, 2.45) is 0 Å². The SMILES string of the molecule is CC(Oc1ccc(F)cc1)C(=O)NNC(=O)CCCOc1cccc(F)c1. The van der Waals surface area contributed by atoms with Crippen molar-refractivity contribution >= 4 is 11.8 Å². The fourth-order valence-electron chi connectivity index (χ4n) is 2.05. The number of halogens is 2. The first-order chi connectivity index (χ1) is 12.9. The molecule has 0 saturated carbocycles. The van der Waals surface area contributed by atoms with E-state index in [0.29, 0.717) is 17.9 Å². The van der Waals surface area contributed by atoms with E-state index >= 15 is 0 Å². The van der Waals surface area contributed by atoms with Crippen LogP contribution in [0.1, 0.15) is 19.8 Å². The minimum Gasteiger partial charge on any atom is -0.493 e. The van der Waals surface area contributed by atoms with Crippen molar-refractivity contribution in [1.29, 1.82) is 0 Å². The van der Waals surface area contributed by atoms with Crippen LogP contribution in [-0.4, -0.2) is 24.5 Å².